The molecule has 1 aromatic carbocycles. The van der Waals surface area contributed by atoms with E-state index >= 15 is 0 Å². The molecule has 1 saturated heterocycles. The molecule has 2 aliphatic rings. The molecule has 24 heavy (non-hydrogen) atoms. The molecule has 0 aliphatic carbocycles. The van der Waals surface area contributed by atoms with E-state index in [0.717, 1.165) is 17.5 Å². The van der Waals surface area contributed by atoms with Gasteiger partial charge in [0.05, 0.1) is 6.04 Å². The minimum Gasteiger partial charge on any atom is -0.485 e. The molecule has 132 valence electrons. The number of fused-ring (bicyclic) bond motifs is 1. The van der Waals surface area contributed by atoms with Crippen molar-refractivity contribution in [2.24, 2.45) is 0 Å². The summed E-state index contributed by atoms with van der Waals surface area (Å²) in [6, 6.07) is 5.03. The van der Waals surface area contributed by atoms with Crippen LogP contribution in [0.25, 0.3) is 0 Å². The van der Waals surface area contributed by atoms with Gasteiger partial charge in [0.1, 0.15) is 17.5 Å². The number of likely N-dealkylation sites (tertiary alicyclic amines) is 1. The first kappa shape index (κ1) is 17.4. The number of rotatable bonds is 3. The van der Waals surface area contributed by atoms with Crippen LogP contribution >= 0.6 is 7.82 Å². The predicted octanol–water partition coefficient (Wildman–Crippen LogP) is 2.31. The Bertz CT molecular complexity index is 713. The molecule has 8 heteroatoms. The van der Waals surface area contributed by atoms with Gasteiger partial charge in [-0.3, -0.25) is 9.32 Å². The van der Waals surface area contributed by atoms with Gasteiger partial charge in [0.2, 0.25) is 5.91 Å². The maximum atomic E-state index is 12.3. The fourth-order valence-electron chi connectivity index (χ4n) is 3.50. The molecule has 0 radical (unpaired) electrons. The Balaban J connectivity index is 2.14. The first-order valence-corrected chi connectivity index (χ1v) is 9.44. The van der Waals surface area contributed by atoms with Crippen molar-refractivity contribution in [3.8, 4) is 5.75 Å². The van der Waals surface area contributed by atoms with Crippen LogP contribution in [0.3, 0.4) is 0 Å². The van der Waals surface area contributed by atoms with Gasteiger partial charge in [0, 0.05) is 18.5 Å². The lowest BCUT2D eigenvalue weighted by Crippen LogP contribution is -2.54. The molecule has 7 nitrogen and oxygen atoms in total. The molecule has 3 rings (SSSR count). The summed E-state index contributed by atoms with van der Waals surface area (Å²) in [6.45, 7) is 5.88. The molecule has 0 unspecified atom stereocenters. The van der Waals surface area contributed by atoms with Gasteiger partial charge >= 0.3 is 7.82 Å². The molecule has 2 atom stereocenters. The molecule has 0 aromatic heterocycles. The van der Waals surface area contributed by atoms with Crippen molar-refractivity contribution in [3.63, 3.8) is 0 Å². The second-order valence-electron chi connectivity index (χ2n) is 6.90. The maximum absolute atomic E-state index is 12.3. The van der Waals surface area contributed by atoms with Gasteiger partial charge in [-0.2, -0.15) is 0 Å². The SMILES string of the molecule is Cc1ccc2c(c1)[C@@H](N1CCCC1=O)[C@H](OP(=O)(O)O)C(C)(C)O2. The van der Waals surface area contributed by atoms with E-state index in [4.69, 9.17) is 9.26 Å². The van der Waals surface area contributed by atoms with Crippen LogP contribution in [0.1, 0.15) is 43.9 Å². The zero-order valence-electron chi connectivity index (χ0n) is 13.9. The summed E-state index contributed by atoms with van der Waals surface area (Å²) in [5, 5.41) is 0. The molecule has 0 spiro atoms. The average Bonchev–Trinajstić information content (AvgIpc) is 2.85. The fraction of sp³-hybridized carbons (Fsp3) is 0.562. The lowest BCUT2D eigenvalue weighted by Gasteiger charge is -2.47. The second-order valence-corrected chi connectivity index (χ2v) is 8.09. The number of carbonyl (C=O) groups is 1. The van der Waals surface area contributed by atoms with Crippen molar-refractivity contribution in [2.75, 3.05) is 6.54 Å². The summed E-state index contributed by atoms with van der Waals surface area (Å²) in [5.74, 6) is 0.574. The molecule has 2 heterocycles. The minimum atomic E-state index is -4.75. The molecule has 0 bridgehead atoms. The number of phosphoric acid groups is 1. The summed E-state index contributed by atoms with van der Waals surface area (Å²) < 4.78 is 22.6. The normalized spacial score (nSPS) is 26.2. The average molecular weight is 355 g/mol. The molecular weight excluding hydrogens is 333 g/mol. The Morgan fingerprint density at radius 2 is 2.08 bits per heavy atom. The molecule has 1 amide bonds. The second kappa shape index (κ2) is 5.85. The number of ether oxygens (including phenoxy) is 1. The third-order valence-electron chi connectivity index (χ3n) is 4.53. The van der Waals surface area contributed by atoms with Crippen LogP contribution in [0, 0.1) is 6.92 Å². The summed E-state index contributed by atoms with van der Waals surface area (Å²) >= 11 is 0. The van der Waals surface area contributed by atoms with Crippen molar-refractivity contribution in [2.45, 2.75) is 51.4 Å². The zero-order chi connectivity index (χ0) is 17.7. The Hall–Kier alpha value is -1.40. The van der Waals surface area contributed by atoms with Crippen LogP contribution in [-0.2, 0) is 13.9 Å². The quantitative estimate of drug-likeness (QED) is 0.808. The highest BCUT2D eigenvalue weighted by molar-refractivity contribution is 7.46. The van der Waals surface area contributed by atoms with E-state index in [2.05, 4.69) is 0 Å². The van der Waals surface area contributed by atoms with Crippen molar-refractivity contribution < 1.29 is 28.4 Å². The Labute approximate surface area is 140 Å². The van der Waals surface area contributed by atoms with E-state index in [1.54, 1.807) is 18.7 Å². The number of hydrogen-bond donors (Lipinski definition) is 2. The van der Waals surface area contributed by atoms with Gasteiger partial charge < -0.3 is 19.4 Å². The van der Waals surface area contributed by atoms with E-state index in [0.29, 0.717) is 18.7 Å². The van der Waals surface area contributed by atoms with E-state index < -0.39 is 25.6 Å². The van der Waals surface area contributed by atoms with Crippen LogP contribution in [0.15, 0.2) is 18.2 Å². The Morgan fingerprint density at radius 3 is 2.67 bits per heavy atom. The third kappa shape index (κ3) is 3.22. The van der Waals surface area contributed by atoms with Crippen molar-refractivity contribution in [3.05, 3.63) is 29.3 Å². The lowest BCUT2D eigenvalue weighted by atomic mass is 9.85. The van der Waals surface area contributed by atoms with E-state index in [1.807, 2.05) is 25.1 Å². The number of amides is 1. The Morgan fingerprint density at radius 1 is 1.38 bits per heavy atom. The first-order chi connectivity index (χ1) is 11.1. The monoisotopic (exact) mass is 355 g/mol. The van der Waals surface area contributed by atoms with Crippen LogP contribution in [0.5, 0.6) is 5.75 Å². The predicted molar refractivity (Wildman–Crippen MR) is 86.5 cm³/mol. The summed E-state index contributed by atoms with van der Waals surface area (Å²) in [6.07, 6.45) is 0.178. The number of hydrogen-bond acceptors (Lipinski definition) is 4. The van der Waals surface area contributed by atoms with Gasteiger partial charge in [-0.05, 0) is 33.3 Å². The third-order valence-corrected chi connectivity index (χ3v) is 5.03. The van der Waals surface area contributed by atoms with Crippen molar-refractivity contribution >= 4 is 13.7 Å². The highest BCUT2D eigenvalue weighted by Gasteiger charge is 2.51. The first-order valence-electron chi connectivity index (χ1n) is 7.91. The Kier molecular flexibility index (Phi) is 4.24. The van der Waals surface area contributed by atoms with E-state index in [1.165, 1.54) is 0 Å². The summed E-state index contributed by atoms with van der Waals surface area (Å²) in [4.78, 5) is 32.7. The summed E-state index contributed by atoms with van der Waals surface area (Å²) in [7, 11) is -4.75. The molecular formula is C16H22NO6P. The fourth-order valence-corrected chi connectivity index (χ4v) is 4.17. The van der Waals surface area contributed by atoms with Gasteiger partial charge in [-0.15, -0.1) is 0 Å². The number of phosphoric ester groups is 1. The smallest absolute Gasteiger partial charge is 0.470 e. The van der Waals surface area contributed by atoms with E-state index in [-0.39, 0.29) is 5.91 Å². The van der Waals surface area contributed by atoms with Crippen LogP contribution in [0.2, 0.25) is 0 Å². The van der Waals surface area contributed by atoms with Crippen LogP contribution in [0.4, 0.5) is 0 Å². The topological polar surface area (TPSA) is 96.3 Å². The standard InChI is InChI=1S/C16H22NO6P/c1-10-6-7-12-11(9-10)14(17-8-4-5-13(17)18)15(16(2,3)22-12)23-24(19,20)21/h6-7,9,14-15H,4-5,8H2,1-3H3,(H2,19,20,21)/t14-,15+/m1/s1. The molecule has 2 aliphatic heterocycles. The van der Waals surface area contributed by atoms with Crippen LogP contribution < -0.4 is 4.74 Å². The van der Waals surface area contributed by atoms with E-state index in [9.17, 15) is 19.1 Å². The molecule has 1 fully saturated rings. The molecule has 0 saturated carbocycles. The molecule has 1 aromatic rings. The van der Waals surface area contributed by atoms with Crippen molar-refractivity contribution in [1.82, 2.24) is 4.90 Å². The lowest BCUT2D eigenvalue weighted by molar-refractivity contribution is -0.138. The minimum absolute atomic E-state index is 0.0375. The maximum Gasteiger partial charge on any atom is 0.470 e. The van der Waals surface area contributed by atoms with Gasteiger partial charge in [-0.25, -0.2) is 4.57 Å². The zero-order valence-corrected chi connectivity index (χ0v) is 14.8. The highest BCUT2D eigenvalue weighted by Crippen LogP contribution is 2.51. The van der Waals surface area contributed by atoms with Gasteiger partial charge in [-0.1, -0.05) is 17.7 Å². The van der Waals surface area contributed by atoms with Crippen molar-refractivity contribution in [1.29, 1.82) is 0 Å². The number of carbonyl (C=O) groups excluding carboxylic acids is 1. The highest BCUT2D eigenvalue weighted by atomic mass is 31.2. The van der Waals surface area contributed by atoms with Gasteiger partial charge in [0.25, 0.3) is 0 Å². The number of benzene rings is 1. The number of aryl methyl sites for hydroxylation is 1. The number of nitrogens with zero attached hydrogens (tertiary/aromatic N) is 1. The summed E-state index contributed by atoms with van der Waals surface area (Å²) in [5.41, 5.74) is 0.698. The van der Waals surface area contributed by atoms with Gasteiger partial charge in [0.15, 0.2) is 0 Å². The largest absolute Gasteiger partial charge is 0.485 e. The van der Waals surface area contributed by atoms with Crippen LogP contribution in [-0.4, -0.2) is 38.8 Å². The molecule has 2 N–H and O–H groups in total.